The first-order valence-electron chi connectivity index (χ1n) is 6.19. The predicted molar refractivity (Wildman–Crippen MR) is 71.2 cm³/mol. The van der Waals surface area contributed by atoms with E-state index in [0.717, 1.165) is 31.7 Å². The third kappa shape index (κ3) is 1.98. The molecular weight excluding hydrogens is 210 g/mol. The number of piperidine rings is 1. The van der Waals surface area contributed by atoms with Gasteiger partial charge in [0.05, 0.1) is 0 Å². The third-order valence-electron chi connectivity index (χ3n) is 3.49. The minimum atomic E-state index is 0.362. The fourth-order valence-electron chi connectivity index (χ4n) is 2.47. The van der Waals surface area contributed by atoms with Crippen LogP contribution in [0, 0.1) is 0 Å². The van der Waals surface area contributed by atoms with Gasteiger partial charge in [0.2, 0.25) is 0 Å². The molecule has 1 aromatic carbocycles. The molecule has 1 saturated heterocycles. The summed E-state index contributed by atoms with van der Waals surface area (Å²) in [4.78, 5) is 6.89. The number of rotatable bonds is 1. The van der Waals surface area contributed by atoms with Gasteiger partial charge in [-0.1, -0.05) is 24.3 Å². The highest BCUT2D eigenvalue weighted by Crippen LogP contribution is 2.26. The van der Waals surface area contributed by atoms with Crippen LogP contribution in [0.3, 0.4) is 0 Å². The molecule has 0 radical (unpaired) electrons. The van der Waals surface area contributed by atoms with E-state index in [1.807, 2.05) is 6.20 Å². The van der Waals surface area contributed by atoms with Crippen molar-refractivity contribution < 1.29 is 0 Å². The maximum atomic E-state index is 5.94. The highest BCUT2D eigenvalue weighted by molar-refractivity contribution is 5.92. The van der Waals surface area contributed by atoms with Crippen LogP contribution in [-0.2, 0) is 0 Å². The van der Waals surface area contributed by atoms with Gasteiger partial charge in [-0.3, -0.25) is 0 Å². The lowest BCUT2D eigenvalue weighted by molar-refractivity contribution is 0.499. The average molecular weight is 227 g/mol. The van der Waals surface area contributed by atoms with E-state index in [1.54, 1.807) is 0 Å². The first-order valence-corrected chi connectivity index (χ1v) is 6.19. The third-order valence-corrected chi connectivity index (χ3v) is 3.49. The molecule has 1 aromatic heterocycles. The van der Waals surface area contributed by atoms with Crippen LogP contribution in [0.15, 0.2) is 36.5 Å². The van der Waals surface area contributed by atoms with E-state index in [4.69, 9.17) is 5.73 Å². The molecule has 88 valence electrons. The number of aromatic nitrogens is 1. The Kier molecular flexibility index (Phi) is 2.69. The molecule has 0 unspecified atom stereocenters. The Morgan fingerprint density at radius 3 is 2.71 bits per heavy atom. The molecule has 0 saturated carbocycles. The Labute approximate surface area is 101 Å². The van der Waals surface area contributed by atoms with Gasteiger partial charge in [-0.25, -0.2) is 4.98 Å². The number of pyridine rings is 1. The van der Waals surface area contributed by atoms with Crippen LogP contribution in [0.1, 0.15) is 12.8 Å². The molecular formula is C14H17N3. The van der Waals surface area contributed by atoms with E-state index in [1.165, 1.54) is 10.8 Å². The van der Waals surface area contributed by atoms with Crippen LogP contribution in [0.2, 0.25) is 0 Å². The van der Waals surface area contributed by atoms with Crippen molar-refractivity contribution in [2.45, 2.75) is 18.9 Å². The van der Waals surface area contributed by atoms with Crippen LogP contribution >= 0.6 is 0 Å². The summed E-state index contributed by atoms with van der Waals surface area (Å²) in [6.07, 6.45) is 4.02. The zero-order valence-corrected chi connectivity index (χ0v) is 9.84. The van der Waals surface area contributed by atoms with Crippen molar-refractivity contribution >= 4 is 16.6 Å². The zero-order valence-electron chi connectivity index (χ0n) is 9.84. The van der Waals surface area contributed by atoms with E-state index in [2.05, 4.69) is 40.2 Å². The van der Waals surface area contributed by atoms with Gasteiger partial charge in [-0.05, 0) is 24.3 Å². The Morgan fingerprint density at radius 1 is 1.12 bits per heavy atom. The van der Waals surface area contributed by atoms with Crippen molar-refractivity contribution in [2.75, 3.05) is 18.0 Å². The number of nitrogens with zero attached hydrogens (tertiary/aromatic N) is 2. The first-order chi connectivity index (χ1) is 8.34. The van der Waals surface area contributed by atoms with E-state index in [0.29, 0.717) is 6.04 Å². The molecule has 2 N–H and O–H groups in total. The van der Waals surface area contributed by atoms with Crippen molar-refractivity contribution in [3.63, 3.8) is 0 Å². The largest absolute Gasteiger partial charge is 0.356 e. The summed E-state index contributed by atoms with van der Waals surface area (Å²) >= 11 is 0. The summed E-state index contributed by atoms with van der Waals surface area (Å²) < 4.78 is 0. The molecule has 1 fully saturated rings. The molecule has 3 nitrogen and oxygen atoms in total. The molecule has 3 heteroatoms. The molecule has 2 aromatic rings. The SMILES string of the molecule is NC1CCN(c2nccc3ccccc23)CC1. The fourth-order valence-corrected chi connectivity index (χ4v) is 2.47. The molecule has 3 rings (SSSR count). The Hall–Kier alpha value is -1.61. The molecule has 2 heterocycles. The summed E-state index contributed by atoms with van der Waals surface area (Å²) in [6.45, 7) is 2.03. The van der Waals surface area contributed by atoms with Gasteiger partial charge in [0.1, 0.15) is 5.82 Å². The first kappa shape index (κ1) is 10.5. The zero-order chi connectivity index (χ0) is 11.7. The quantitative estimate of drug-likeness (QED) is 0.811. The average Bonchev–Trinajstić information content (AvgIpc) is 2.39. The van der Waals surface area contributed by atoms with E-state index < -0.39 is 0 Å². The van der Waals surface area contributed by atoms with Crippen LogP contribution in [0.5, 0.6) is 0 Å². The van der Waals surface area contributed by atoms with Crippen molar-refractivity contribution in [3.05, 3.63) is 36.5 Å². The molecule has 17 heavy (non-hydrogen) atoms. The summed E-state index contributed by atoms with van der Waals surface area (Å²) in [5.41, 5.74) is 5.94. The number of hydrogen-bond acceptors (Lipinski definition) is 3. The predicted octanol–water partition coefficient (Wildman–Crippen LogP) is 2.16. The normalized spacial score (nSPS) is 17.6. The highest BCUT2D eigenvalue weighted by atomic mass is 15.2. The second-order valence-corrected chi connectivity index (χ2v) is 4.68. The molecule has 0 atom stereocenters. The minimum absolute atomic E-state index is 0.362. The summed E-state index contributed by atoms with van der Waals surface area (Å²) in [5.74, 6) is 1.11. The Bertz CT molecular complexity index is 510. The van der Waals surface area contributed by atoms with Crippen molar-refractivity contribution in [1.29, 1.82) is 0 Å². The van der Waals surface area contributed by atoms with Gasteiger partial charge >= 0.3 is 0 Å². The van der Waals surface area contributed by atoms with Gasteiger partial charge in [-0.15, -0.1) is 0 Å². The maximum Gasteiger partial charge on any atom is 0.136 e. The lowest BCUT2D eigenvalue weighted by Crippen LogP contribution is -2.40. The summed E-state index contributed by atoms with van der Waals surface area (Å²) in [6, 6.07) is 10.8. The number of anilines is 1. The van der Waals surface area contributed by atoms with Gasteiger partial charge < -0.3 is 10.6 Å². The number of fused-ring (bicyclic) bond motifs is 1. The second-order valence-electron chi connectivity index (χ2n) is 4.68. The molecule has 0 spiro atoms. The van der Waals surface area contributed by atoms with Crippen LogP contribution in [0.25, 0.3) is 10.8 Å². The standard InChI is InChI=1S/C14H17N3/c15-12-6-9-17(10-7-12)14-13-4-2-1-3-11(13)5-8-16-14/h1-5,8,12H,6-7,9-10,15H2. The summed E-state index contributed by atoms with van der Waals surface area (Å²) in [5, 5.41) is 2.50. The van der Waals surface area contributed by atoms with Gasteiger partial charge in [0, 0.05) is 30.7 Å². The Balaban J connectivity index is 2.00. The van der Waals surface area contributed by atoms with Crippen LogP contribution in [-0.4, -0.2) is 24.1 Å². The van der Waals surface area contributed by atoms with Crippen LogP contribution in [0.4, 0.5) is 5.82 Å². The van der Waals surface area contributed by atoms with Gasteiger partial charge in [0.25, 0.3) is 0 Å². The number of benzene rings is 1. The molecule has 0 bridgehead atoms. The van der Waals surface area contributed by atoms with Gasteiger partial charge in [-0.2, -0.15) is 0 Å². The smallest absolute Gasteiger partial charge is 0.136 e. The topological polar surface area (TPSA) is 42.1 Å². The fraction of sp³-hybridized carbons (Fsp3) is 0.357. The van der Waals surface area contributed by atoms with E-state index in [9.17, 15) is 0 Å². The number of hydrogen-bond donors (Lipinski definition) is 1. The van der Waals surface area contributed by atoms with Crippen LogP contribution < -0.4 is 10.6 Å². The van der Waals surface area contributed by atoms with Crippen molar-refractivity contribution in [3.8, 4) is 0 Å². The molecule has 0 amide bonds. The van der Waals surface area contributed by atoms with Gasteiger partial charge in [0.15, 0.2) is 0 Å². The van der Waals surface area contributed by atoms with E-state index in [-0.39, 0.29) is 0 Å². The maximum absolute atomic E-state index is 5.94. The molecule has 0 aliphatic carbocycles. The lowest BCUT2D eigenvalue weighted by atomic mass is 10.1. The monoisotopic (exact) mass is 227 g/mol. The van der Waals surface area contributed by atoms with E-state index >= 15 is 0 Å². The lowest BCUT2D eigenvalue weighted by Gasteiger charge is -2.31. The molecule has 1 aliphatic heterocycles. The van der Waals surface area contributed by atoms with Crippen molar-refractivity contribution in [1.82, 2.24) is 4.98 Å². The Morgan fingerprint density at radius 2 is 1.88 bits per heavy atom. The number of nitrogens with two attached hydrogens (primary N) is 1. The highest BCUT2D eigenvalue weighted by Gasteiger charge is 2.18. The summed E-state index contributed by atoms with van der Waals surface area (Å²) in [7, 11) is 0. The van der Waals surface area contributed by atoms with Crippen molar-refractivity contribution in [2.24, 2.45) is 5.73 Å². The minimum Gasteiger partial charge on any atom is -0.356 e. The second kappa shape index (κ2) is 4.34. The molecule has 1 aliphatic rings.